The Morgan fingerprint density at radius 1 is 1.36 bits per heavy atom. The second kappa shape index (κ2) is 6.21. The third-order valence-electron chi connectivity index (χ3n) is 4.66. The fourth-order valence-corrected chi connectivity index (χ4v) is 3.46. The molecule has 0 saturated carbocycles. The number of nitrogens with one attached hydrogen (secondary N) is 2. The average Bonchev–Trinajstić information content (AvgIpc) is 3.06. The number of nitrogens with zero attached hydrogens (tertiary/aromatic N) is 4. The minimum Gasteiger partial charge on any atom is -0.366 e. The first-order valence-electron chi connectivity index (χ1n) is 8.29. The number of carbonyl (C=O) groups excluding carboxylic acids is 1. The zero-order chi connectivity index (χ0) is 17.4. The molecule has 2 bridgehead atoms. The van der Waals surface area contributed by atoms with Crippen LogP contribution in [0.15, 0.2) is 36.5 Å². The minimum atomic E-state index is -0.980. The third-order valence-corrected chi connectivity index (χ3v) is 4.66. The van der Waals surface area contributed by atoms with E-state index in [1.165, 1.54) is 0 Å². The van der Waals surface area contributed by atoms with Crippen LogP contribution >= 0.6 is 0 Å². The van der Waals surface area contributed by atoms with Crippen molar-refractivity contribution in [1.82, 2.24) is 15.3 Å². The van der Waals surface area contributed by atoms with E-state index in [9.17, 15) is 9.90 Å². The first kappa shape index (κ1) is 15.6. The molecule has 2 aliphatic heterocycles. The number of aliphatic hydroxyl groups is 1. The zero-order valence-corrected chi connectivity index (χ0v) is 13.9. The van der Waals surface area contributed by atoms with Crippen LogP contribution in [0.2, 0.25) is 0 Å². The van der Waals surface area contributed by atoms with E-state index in [1.807, 2.05) is 23.1 Å². The molecule has 8 heteroatoms. The molecule has 0 aromatic carbocycles. The molecule has 1 fully saturated rings. The molecule has 2 aromatic rings. The van der Waals surface area contributed by atoms with E-state index in [1.54, 1.807) is 25.4 Å². The molecule has 2 aliphatic rings. The van der Waals surface area contributed by atoms with Crippen LogP contribution in [0, 0.1) is 0 Å². The highest BCUT2D eigenvalue weighted by Crippen LogP contribution is 2.39. The number of hydrogen-bond donors (Lipinski definition) is 3. The van der Waals surface area contributed by atoms with E-state index < -0.39 is 6.35 Å². The zero-order valence-electron chi connectivity index (χ0n) is 13.9. The van der Waals surface area contributed by atoms with Gasteiger partial charge in [-0.05, 0) is 30.7 Å². The number of anilines is 3. The molecule has 0 aliphatic carbocycles. The van der Waals surface area contributed by atoms with Crippen molar-refractivity contribution in [1.29, 1.82) is 0 Å². The Balaban J connectivity index is 1.69. The molecular weight excluding hydrogens is 320 g/mol. The molecule has 1 unspecified atom stereocenters. The summed E-state index contributed by atoms with van der Waals surface area (Å²) in [5.74, 6) is 0.952. The Labute approximate surface area is 145 Å². The number of hydrogen-bond acceptors (Lipinski definition) is 7. The van der Waals surface area contributed by atoms with Crippen LogP contribution in [0.3, 0.4) is 0 Å². The van der Waals surface area contributed by atoms with E-state index >= 15 is 0 Å². The van der Waals surface area contributed by atoms with Gasteiger partial charge in [-0.25, -0.2) is 9.97 Å². The van der Waals surface area contributed by atoms with Crippen LogP contribution in [0.4, 0.5) is 17.3 Å². The second-order valence-electron chi connectivity index (χ2n) is 6.15. The Bertz CT molecular complexity index is 784. The van der Waals surface area contributed by atoms with Crippen molar-refractivity contribution in [2.75, 3.05) is 35.3 Å². The fourth-order valence-electron chi connectivity index (χ4n) is 3.46. The molecule has 4 heterocycles. The van der Waals surface area contributed by atoms with Gasteiger partial charge in [0.25, 0.3) is 5.91 Å². The molecular formula is C17H20N6O2. The quantitative estimate of drug-likeness (QED) is 0.703. The molecule has 1 amide bonds. The molecule has 8 nitrogen and oxygen atoms in total. The van der Waals surface area contributed by atoms with Gasteiger partial charge in [-0.1, -0.05) is 6.07 Å². The average molecular weight is 340 g/mol. The number of aliphatic hydroxyl groups excluding tert-OH is 1. The van der Waals surface area contributed by atoms with E-state index in [0.717, 1.165) is 25.2 Å². The fraction of sp³-hybridized carbons (Fsp3) is 0.353. The lowest BCUT2D eigenvalue weighted by Gasteiger charge is -2.40. The van der Waals surface area contributed by atoms with E-state index in [2.05, 4.69) is 25.5 Å². The number of fused-ring (bicyclic) bond motifs is 4. The van der Waals surface area contributed by atoms with Crippen LogP contribution in [0.25, 0.3) is 0 Å². The molecule has 25 heavy (non-hydrogen) atoms. The summed E-state index contributed by atoms with van der Waals surface area (Å²) in [7, 11) is 1.58. The summed E-state index contributed by atoms with van der Waals surface area (Å²) in [5.41, 5.74) is 1.27. The maximum absolute atomic E-state index is 12.0. The van der Waals surface area contributed by atoms with Gasteiger partial charge in [-0.2, -0.15) is 0 Å². The number of pyridine rings is 2. The lowest BCUT2D eigenvalue weighted by atomic mass is 10.1. The van der Waals surface area contributed by atoms with Gasteiger partial charge in [0.2, 0.25) is 6.35 Å². The van der Waals surface area contributed by atoms with Crippen LogP contribution in [0.1, 0.15) is 16.9 Å². The number of amides is 1. The highest BCUT2D eigenvalue weighted by atomic mass is 16.3. The van der Waals surface area contributed by atoms with Gasteiger partial charge in [0.15, 0.2) is 5.82 Å². The molecule has 1 saturated heterocycles. The van der Waals surface area contributed by atoms with Gasteiger partial charge in [0, 0.05) is 26.3 Å². The van der Waals surface area contributed by atoms with E-state index in [-0.39, 0.29) is 11.9 Å². The predicted molar refractivity (Wildman–Crippen MR) is 94.6 cm³/mol. The lowest BCUT2D eigenvalue weighted by molar-refractivity contribution is 0.0958. The molecule has 0 radical (unpaired) electrons. The molecule has 2 atom stereocenters. The topological polar surface area (TPSA) is 93.6 Å². The number of rotatable bonds is 4. The predicted octanol–water partition coefficient (Wildman–Crippen LogP) is 0.623. The van der Waals surface area contributed by atoms with Crippen molar-refractivity contribution in [3.8, 4) is 0 Å². The van der Waals surface area contributed by atoms with Gasteiger partial charge in [0.1, 0.15) is 11.5 Å². The maximum Gasteiger partial charge on any atom is 0.269 e. The molecule has 4 rings (SSSR count). The van der Waals surface area contributed by atoms with Gasteiger partial charge < -0.3 is 25.5 Å². The smallest absolute Gasteiger partial charge is 0.269 e. The maximum atomic E-state index is 12.0. The summed E-state index contributed by atoms with van der Waals surface area (Å²) >= 11 is 0. The summed E-state index contributed by atoms with van der Waals surface area (Å²) in [6.07, 6.45) is 1.61. The third kappa shape index (κ3) is 2.74. The highest BCUT2D eigenvalue weighted by Gasteiger charge is 2.40. The van der Waals surface area contributed by atoms with E-state index in [4.69, 9.17) is 0 Å². The summed E-state index contributed by atoms with van der Waals surface area (Å²) < 4.78 is 0. The first-order chi connectivity index (χ1) is 12.2. The standard InChI is InChI=1S/C17H20N6O2/c1-18-16(24)12-5-6-13-15(20-12)23(11-7-9-22(13)10-11)17(25)21-14-4-2-3-8-19-14/h2-6,8,11,17,25H,7,9-10H2,1H3,(H,18,24)(H,19,21)/t11-,17?/m0/s1. The van der Waals surface area contributed by atoms with Gasteiger partial charge in [0.05, 0.1) is 11.7 Å². The Morgan fingerprint density at radius 2 is 2.24 bits per heavy atom. The van der Waals surface area contributed by atoms with Crippen molar-refractivity contribution in [2.24, 2.45) is 0 Å². The van der Waals surface area contributed by atoms with Crippen molar-refractivity contribution < 1.29 is 9.90 Å². The number of carbonyl (C=O) groups is 1. The van der Waals surface area contributed by atoms with Crippen molar-refractivity contribution in [2.45, 2.75) is 18.8 Å². The van der Waals surface area contributed by atoms with Crippen molar-refractivity contribution >= 4 is 23.2 Å². The molecule has 0 spiro atoms. The normalized spacial score (nSPS) is 19.4. The SMILES string of the molecule is CNC(=O)c1ccc2c(n1)N(C(O)Nc1ccccn1)[C@H]1CCN2C1. The highest BCUT2D eigenvalue weighted by molar-refractivity contribution is 5.93. The summed E-state index contributed by atoms with van der Waals surface area (Å²) in [6.45, 7) is 1.74. The van der Waals surface area contributed by atoms with E-state index in [0.29, 0.717) is 17.3 Å². The van der Waals surface area contributed by atoms with Crippen LogP contribution < -0.4 is 20.4 Å². The van der Waals surface area contributed by atoms with Gasteiger partial charge in [-0.15, -0.1) is 0 Å². The second-order valence-corrected chi connectivity index (χ2v) is 6.15. The largest absolute Gasteiger partial charge is 0.366 e. The Hall–Kier alpha value is -2.87. The summed E-state index contributed by atoms with van der Waals surface area (Å²) in [4.78, 5) is 24.8. The van der Waals surface area contributed by atoms with Crippen LogP contribution in [0.5, 0.6) is 0 Å². The number of aromatic nitrogens is 2. The summed E-state index contributed by atoms with van der Waals surface area (Å²) in [5, 5.41) is 16.4. The van der Waals surface area contributed by atoms with Crippen LogP contribution in [-0.4, -0.2) is 53.5 Å². The molecule has 130 valence electrons. The molecule has 3 N–H and O–H groups in total. The van der Waals surface area contributed by atoms with Crippen LogP contribution in [-0.2, 0) is 0 Å². The van der Waals surface area contributed by atoms with Gasteiger partial charge in [-0.3, -0.25) is 4.79 Å². The monoisotopic (exact) mass is 340 g/mol. The minimum absolute atomic E-state index is 0.131. The van der Waals surface area contributed by atoms with Crippen molar-refractivity contribution in [3.05, 3.63) is 42.2 Å². The lowest BCUT2D eigenvalue weighted by Crippen LogP contribution is -2.52. The van der Waals surface area contributed by atoms with Crippen molar-refractivity contribution in [3.63, 3.8) is 0 Å². The molecule has 2 aromatic heterocycles. The summed E-state index contributed by atoms with van der Waals surface area (Å²) in [6, 6.07) is 9.21. The van der Waals surface area contributed by atoms with Gasteiger partial charge >= 0.3 is 0 Å². The Morgan fingerprint density at radius 3 is 3.00 bits per heavy atom. The Kier molecular flexibility index (Phi) is 3.89. The first-order valence-corrected chi connectivity index (χ1v) is 8.29.